The number of carbonyl (C=O) groups excluding carboxylic acids is 3. The van der Waals surface area contributed by atoms with E-state index in [1.54, 1.807) is 55.6 Å². The first-order valence-electron chi connectivity index (χ1n) is 8.36. The maximum absolute atomic E-state index is 12.8. The minimum Gasteiger partial charge on any atom is -0.497 e. The molecule has 1 aliphatic heterocycles. The number of amides is 3. The van der Waals surface area contributed by atoms with E-state index in [0.29, 0.717) is 22.6 Å². The fourth-order valence-corrected chi connectivity index (χ4v) is 3.07. The predicted octanol–water partition coefficient (Wildman–Crippen LogP) is 2.95. The van der Waals surface area contributed by atoms with E-state index in [0.717, 1.165) is 4.90 Å². The highest BCUT2D eigenvalue weighted by atomic mass is 16.5. The van der Waals surface area contributed by atoms with Crippen LogP contribution in [-0.2, 0) is 4.79 Å². The number of rotatable bonds is 5. The number of methoxy groups -OCH3 is 1. The van der Waals surface area contributed by atoms with Crippen LogP contribution in [0.5, 0.6) is 5.75 Å². The van der Waals surface area contributed by atoms with Crippen LogP contribution in [0.2, 0.25) is 0 Å². The highest BCUT2D eigenvalue weighted by Gasteiger charge is 2.43. The molecule has 3 rings (SSSR count). The summed E-state index contributed by atoms with van der Waals surface area (Å²) in [7, 11) is 1.56. The number of hydrogen-bond donors (Lipinski definition) is 1. The van der Waals surface area contributed by atoms with Gasteiger partial charge in [0.25, 0.3) is 11.8 Å². The maximum atomic E-state index is 12.8. The SMILES string of the molecule is COc1ccc(NC(=O)[C@H](C(C)C)N2C(=O)c3ccccc3C2=O)cc1. The van der Waals surface area contributed by atoms with Crippen LogP contribution in [0.1, 0.15) is 34.6 Å². The molecule has 26 heavy (non-hydrogen) atoms. The van der Waals surface area contributed by atoms with Crippen molar-refractivity contribution in [2.45, 2.75) is 19.9 Å². The number of anilines is 1. The molecule has 0 spiro atoms. The van der Waals surface area contributed by atoms with Gasteiger partial charge >= 0.3 is 0 Å². The van der Waals surface area contributed by atoms with E-state index in [-0.39, 0.29) is 5.92 Å². The van der Waals surface area contributed by atoms with E-state index in [4.69, 9.17) is 4.74 Å². The van der Waals surface area contributed by atoms with E-state index < -0.39 is 23.8 Å². The molecule has 1 atom stereocenters. The van der Waals surface area contributed by atoms with Crippen molar-refractivity contribution in [3.05, 3.63) is 59.7 Å². The van der Waals surface area contributed by atoms with Crippen molar-refractivity contribution in [3.63, 3.8) is 0 Å². The van der Waals surface area contributed by atoms with E-state index in [2.05, 4.69) is 5.32 Å². The fourth-order valence-electron chi connectivity index (χ4n) is 3.07. The van der Waals surface area contributed by atoms with Crippen LogP contribution < -0.4 is 10.1 Å². The summed E-state index contributed by atoms with van der Waals surface area (Å²) in [5, 5.41) is 2.78. The lowest BCUT2D eigenvalue weighted by atomic mass is 10.0. The molecular weight excluding hydrogens is 332 g/mol. The Balaban J connectivity index is 1.86. The van der Waals surface area contributed by atoms with Gasteiger partial charge in [0.1, 0.15) is 11.8 Å². The lowest BCUT2D eigenvalue weighted by Gasteiger charge is -2.28. The van der Waals surface area contributed by atoms with Crippen LogP contribution in [0, 0.1) is 5.92 Å². The second-order valence-electron chi connectivity index (χ2n) is 6.43. The van der Waals surface area contributed by atoms with Gasteiger partial charge in [-0.1, -0.05) is 26.0 Å². The zero-order valence-electron chi connectivity index (χ0n) is 14.9. The number of ether oxygens (including phenoxy) is 1. The Morgan fingerprint density at radius 1 is 0.962 bits per heavy atom. The number of fused-ring (bicyclic) bond motifs is 1. The summed E-state index contributed by atoms with van der Waals surface area (Å²) in [6.07, 6.45) is 0. The summed E-state index contributed by atoms with van der Waals surface area (Å²) < 4.78 is 5.09. The molecule has 0 fully saturated rings. The van der Waals surface area contributed by atoms with Gasteiger partial charge in [0.2, 0.25) is 5.91 Å². The van der Waals surface area contributed by atoms with Crippen molar-refractivity contribution in [2.24, 2.45) is 5.92 Å². The number of carbonyl (C=O) groups is 3. The van der Waals surface area contributed by atoms with Crippen molar-refractivity contribution in [3.8, 4) is 5.75 Å². The highest BCUT2D eigenvalue weighted by Crippen LogP contribution is 2.28. The van der Waals surface area contributed by atoms with Crippen molar-refractivity contribution in [2.75, 3.05) is 12.4 Å². The molecule has 2 aromatic carbocycles. The first-order valence-corrected chi connectivity index (χ1v) is 8.36. The Kier molecular flexibility index (Phi) is 4.75. The molecule has 6 heteroatoms. The summed E-state index contributed by atoms with van der Waals surface area (Å²) in [5.74, 6) is -0.845. The van der Waals surface area contributed by atoms with Crippen LogP contribution >= 0.6 is 0 Å². The van der Waals surface area contributed by atoms with Gasteiger partial charge in [-0.25, -0.2) is 0 Å². The number of benzene rings is 2. The first-order chi connectivity index (χ1) is 12.4. The smallest absolute Gasteiger partial charge is 0.262 e. The second kappa shape index (κ2) is 7.00. The molecule has 0 unspecified atom stereocenters. The monoisotopic (exact) mass is 352 g/mol. The molecule has 0 saturated carbocycles. The van der Waals surface area contributed by atoms with Gasteiger partial charge < -0.3 is 10.1 Å². The number of nitrogens with zero attached hydrogens (tertiary/aromatic N) is 1. The minimum atomic E-state index is -0.899. The molecule has 1 N–H and O–H groups in total. The Morgan fingerprint density at radius 3 is 1.96 bits per heavy atom. The summed E-state index contributed by atoms with van der Waals surface area (Å²) >= 11 is 0. The normalized spacial score (nSPS) is 14.4. The number of imide groups is 1. The third-order valence-electron chi connectivity index (χ3n) is 4.36. The molecule has 0 bridgehead atoms. The number of hydrogen-bond acceptors (Lipinski definition) is 4. The molecule has 1 heterocycles. The largest absolute Gasteiger partial charge is 0.497 e. The average Bonchev–Trinajstić information content (AvgIpc) is 2.88. The van der Waals surface area contributed by atoms with Gasteiger partial charge in [-0.2, -0.15) is 0 Å². The first kappa shape index (κ1) is 17.7. The van der Waals surface area contributed by atoms with E-state index in [9.17, 15) is 14.4 Å². The van der Waals surface area contributed by atoms with Gasteiger partial charge in [0.05, 0.1) is 18.2 Å². The fraction of sp³-hybridized carbons (Fsp3) is 0.250. The molecule has 0 radical (unpaired) electrons. The maximum Gasteiger partial charge on any atom is 0.262 e. The van der Waals surface area contributed by atoms with Crippen LogP contribution in [-0.4, -0.2) is 35.8 Å². The molecule has 1 aliphatic rings. The Morgan fingerprint density at radius 2 is 1.50 bits per heavy atom. The molecular formula is C20H20N2O4. The predicted molar refractivity (Wildman–Crippen MR) is 97.2 cm³/mol. The van der Waals surface area contributed by atoms with Gasteiger partial charge in [0, 0.05) is 5.69 Å². The van der Waals surface area contributed by atoms with Crippen LogP contribution in [0.15, 0.2) is 48.5 Å². The molecule has 0 aromatic heterocycles. The molecule has 0 aliphatic carbocycles. The van der Waals surface area contributed by atoms with Crippen molar-refractivity contribution in [1.29, 1.82) is 0 Å². The lowest BCUT2D eigenvalue weighted by Crippen LogP contribution is -2.50. The second-order valence-corrected chi connectivity index (χ2v) is 6.43. The molecule has 2 aromatic rings. The van der Waals surface area contributed by atoms with Gasteiger partial charge in [-0.05, 0) is 42.3 Å². The minimum absolute atomic E-state index is 0.240. The Labute approximate surface area is 151 Å². The third kappa shape index (κ3) is 3.06. The third-order valence-corrected chi connectivity index (χ3v) is 4.36. The van der Waals surface area contributed by atoms with Crippen LogP contribution in [0.25, 0.3) is 0 Å². The lowest BCUT2D eigenvalue weighted by molar-refractivity contribution is -0.121. The average molecular weight is 352 g/mol. The van der Waals surface area contributed by atoms with Crippen LogP contribution in [0.4, 0.5) is 5.69 Å². The Bertz CT molecular complexity index is 823. The van der Waals surface area contributed by atoms with Crippen molar-refractivity contribution in [1.82, 2.24) is 4.90 Å². The quantitative estimate of drug-likeness (QED) is 0.840. The van der Waals surface area contributed by atoms with Crippen molar-refractivity contribution >= 4 is 23.4 Å². The van der Waals surface area contributed by atoms with E-state index >= 15 is 0 Å². The van der Waals surface area contributed by atoms with E-state index in [1.165, 1.54) is 0 Å². The Hall–Kier alpha value is -3.15. The van der Waals surface area contributed by atoms with Gasteiger partial charge in [0.15, 0.2) is 0 Å². The molecule has 6 nitrogen and oxygen atoms in total. The number of nitrogens with one attached hydrogen (secondary N) is 1. The summed E-state index contributed by atoms with van der Waals surface area (Å²) in [6.45, 7) is 3.61. The standard InChI is InChI=1S/C20H20N2O4/c1-12(2)17(18(23)21-13-8-10-14(26-3)11-9-13)22-19(24)15-6-4-5-7-16(15)20(22)25/h4-12,17H,1-3H3,(H,21,23)/t17-/m0/s1. The summed E-state index contributed by atoms with van der Waals surface area (Å²) in [6, 6.07) is 12.6. The topological polar surface area (TPSA) is 75.7 Å². The molecule has 134 valence electrons. The van der Waals surface area contributed by atoms with Gasteiger partial charge in [-0.3, -0.25) is 19.3 Å². The zero-order chi connectivity index (χ0) is 18.8. The van der Waals surface area contributed by atoms with Crippen LogP contribution in [0.3, 0.4) is 0 Å². The molecule has 0 saturated heterocycles. The zero-order valence-corrected chi connectivity index (χ0v) is 14.9. The molecule has 3 amide bonds. The van der Waals surface area contributed by atoms with E-state index in [1.807, 2.05) is 13.8 Å². The van der Waals surface area contributed by atoms with Crippen molar-refractivity contribution < 1.29 is 19.1 Å². The van der Waals surface area contributed by atoms with Gasteiger partial charge in [-0.15, -0.1) is 0 Å². The highest BCUT2D eigenvalue weighted by molar-refractivity contribution is 6.23. The summed E-state index contributed by atoms with van der Waals surface area (Å²) in [4.78, 5) is 39.3. The summed E-state index contributed by atoms with van der Waals surface area (Å²) in [5.41, 5.74) is 1.24.